The van der Waals surface area contributed by atoms with Gasteiger partial charge in [-0.1, -0.05) is 41.4 Å². The van der Waals surface area contributed by atoms with E-state index in [1.54, 1.807) is 18.2 Å². The molecule has 19 heavy (non-hydrogen) atoms. The number of hydrogen-bond acceptors (Lipinski definition) is 2. The van der Waals surface area contributed by atoms with Gasteiger partial charge < -0.3 is 9.84 Å². The number of hydrogen-bond donors (Lipinski definition) is 1. The van der Waals surface area contributed by atoms with Crippen LogP contribution >= 0.6 is 23.2 Å². The Labute approximate surface area is 122 Å². The first-order valence-corrected chi connectivity index (χ1v) is 6.72. The van der Waals surface area contributed by atoms with Crippen LogP contribution in [-0.4, -0.2) is 11.7 Å². The molecule has 2 nitrogen and oxygen atoms in total. The maximum Gasteiger partial charge on any atom is 0.119 e. The highest BCUT2D eigenvalue weighted by molar-refractivity contribution is 6.35. The lowest BCUT2D eigenvalue weighted by atomic mass is 10.1. The zero-order chi connectivity index (χ0) is 13.7. The summed E-state index contributed by atoms with van der Waals surface area (Å²) >= 11 is 12.1. The van der Waals surface area contributed by atoms with E-state index in [0.29, 0.717) is 23.1 Å². The molecule has 0 atom stereocenters. The lowest BCUT2D eigenvalue weighted by molar-refractivity contribution is 0.298. The van der Waals surface area contributed by atoms with Crippen LogP contribution in [0, 0.1) is 0 Å². The van der Waals surface area contributed by atoms with Crippen LogP contribution in [0.25, 0.3) is 0 Å². The summed E-state index contributed by atoms with van der Waals surface area (Å²) in [5.41, 5.74) is 1.86. The molecule has 0 unspecified atom stereocenters. The predicted octanol–water partition coefficient (Wildman–Crippen LogP) is 4.11. The standard InChI is InChI=1S/C15H14Cl2O2/c16-14-2-1-3-15(17)13(14)10-19-12-6-4-11(5-7-12)8-9-18/h1-7,18H,8-10H2. The van der Waals surface area contributed by atoms with E-state index in [2.05, 4.69) is 0 Å². The van der Waals surface area contributed by atoms with Gasteiger partial charge in [0.25, 0.3) is 0 Å². The van der Waals surface area contributed by atoms with Crippen molar-refractivity contribution >= 4 is 23.2 Å². The van der Waals surface area contributed by atoms with E-state index >= 15 is 0 Å². The van der Waals surface area contributed by atoms with Crippen LogP contribution in [0.3, 0.4) is 0 Å². The Morgan fingerprint density at radius 2 is 1.58 bits per heavy atom. The molecule has 0 radical (unpaired) electrons. The average Bonchev–Trinajstić information content (AvgIpc) is 2.40. The van der Waals surface area contributed by atoms with Gasteiger partial charge in [-0.05, 0) is 36.2 Å². The molecule has 1 N–H and O–H groups in total. The molecule has 0 saturated heterocycles. The molecule has 0 aliphatic rings. The fourth-order valence-electron chi connectivity index (χ4n) is 1.71. The lowest BCUT2D eigenvalue weighted by Crippen LogP contribution is -1.98. The summed E-state index contributed by atoms with van der Waals surface area (Å²) in [5, 5.41) is 10.0. The van der Waals surface area contributed by atoms with Crippen molar-refractivity contribution in [2.45, 2.75) is 13.0 Å². The molecule has 0 fully saturated rings. The highest BCUT2D eigenvalue weighted by Gasteiger charge is 2.06. The van der Waals surface area contributed by atoms with Crippen LogP contribution in [0.4, 0.5) is 0 Å². The van der Waals surface area contributed by atoms with E-state index in [-0.39, 0.29) is 6.61 Å². The third kappa shape index (κ3) is 3.87. The van der Waals surface area contributed by atoms with Gasteiger partial charge in [0.05, 0.1) is 0 Å². The molecule has 2 aromatic carbocycles. The topological polar surface area (TPSA) is 29.5 Å². The van der Waals surface area contributed by atoms with Crippen molar-refractivity contribution in [1.82, 2.24) is 0 Å². The number of aliphatic hydroxyl groups is 1. The number of rotatable bonds is 5. The number of benzene rings is 2. The van der Waals surface area contributed by atoms with Crippen molar-refractivity contribution in [2.75, 3.05) is 6.61 Å². The highest BCUT2D eigenvalue weighted by atomic mass is 35.5. The smallest absolute Gasteiger partial charge is 0.119 e. The summed E-state index contributed by atoms with van der Waals surface area (Å²) in [7, 11) is 0. The molecule has 2 rings (SSSR count). The van der Waals surface area contributed by atoms with Crippen LogP contribution in [-0.2, 0) is 13.0 Å². The van der Waals surface area contributed by atoms with Gasteiger partial charge in [-0.3, -0.25) is 0 Å². The summed E-state index contributed by atoms with van der Waals surface area (Å²) in [6.45, 7) is 0.479. The maximum absolute atomic E-state index is 8.84. The Bertz CT molecular complexity index is 518. The van der Waals surface area contributed by atoms with Gasteiger partial charge in [-0.15, -0.1) is 0 Å². The Hall–Kier alpha value is -1.22. The normalized spacial score (nSPS) is 10.5. The molecular weight excluding hydrogens is 283 g/mol. The molecule has 0 spiro atoms. The molecule has 2 aromatic rings. The van der Waals surface area contributed by atoms with Crippen LogP contribution in [0.2, 0.25) is 10.0 Å². The summed E-state index contributed by atoms with van der Waals surface area (Å²) in [4.78, 5) is 0. The Kier molecular flexibility index (Phi) is 5.08. The Morgan fingerprint density at radius 1 is 0.947 bits per heavy atom. The summed E-state index contributed by atoms with van der Waals surface area (Å²) in [6.07, 6.45) is 0.649. The second-order valence-corrected chi connectivity index (χ2v) is 4.92. The van der Waals surface area contributed by atoms with Gasteiger partial charge in [-0.25, -0.2) is 0 Å². The summed E-state index contributed by atoms with van der Waals surface area (Å²) in [5.74, 6) is 0.748. The van der Waals surface area contributed by atoms with Crippen molar-refractivity contribution < 1.29 is 9.84 Å². The SMILES string of the molecule is OCCc1ccc(OCc2c(Cl)cccc2Cl)cc1. The molecule has 0 bridgehead atoms. The van der Waals surface area contributed by atoms with Crippen molar-refractivity contribution in [1.29, 1.82) is 0 Å². The molecule has 0 amide bonds. The van der Waals surface area contributed by atoms with E-state index in [1.807, 2.05) is 24.3 Å². The zero-order valence-electron chi connectivity index (χ0n) is 10.3. The monoisotopic (exact) mass is 296 g/mol. The molecule has 0 aliphatic heterocycles. The highest BCUT2D eigenvalue weighted by Crippen LogP contribution is 2.25. The summed E-state index contributed by atoms with van der Waals surface area (Å²) < 4.78 is 5.66. The zero-order valence-corrected chi connectivity index (χ0v) is 11.8. The lowest BCUT2D eigenvalue weighted by Gasteiger charge is -2.10. The fourth-order valence-corrected chi connectivity index (χ4v) is 2.21. The number of halogens is 2. The second kappa shape index (κ2) is 6.80. The second-order valence-electron chi connectivity index (χ2n) is 4.11. The quantitative estimate of drug-likeness (QED) is 0.900. The van der Waals surface area contributed by atoms with E-state index in [1.165, 1.54) is 0 Å². The molecular formula is C15H14Cl2O2. The first-order chi connectivity index (χ1) is 9.20. The van der Waals surface area contributed by atoms with Gasteiger partial charge in [0.15, 0.2) is 0 Å². The average molecular weight is 297 g/mol. The van der Waals surface area contributed by atoms with Gasteiger partial charge in [-0.2, -0.15) is 0 Å². The van der Waals surface area contributed by atoms with Gasteiger partial charge in [0, 0.05) is 22.2 Å². The molecule has 0 heterocycles. The van der Waals surface area contributed by atoms with E-state index in [9.17, 15) is 0 Å². The molecule has 100 valence electrons. The van der Waals surface area contributed by atoms with Crippen LogP contribution in [0.1, 0.15) is 11.1 Å². The minimum atomic E-state index is 0.148. The van der Waals surface area contributed by atoms with Crippen LogP contribution in [0.15, 0.2) is 42.5 Å². The first kappa shape index (κ1) is 14.2. The van der Waals surface area contributed by atoms with Crippen molar-refractivity contribution in [2.24, 2.45) is 0 Å². The van der Waals surface area contributed by atoms with Crippen molar-refractivity contribution in [3.63, 3.8) is 0 Å². The van der Waals surface area contributed by atoms with E-state index < -0.39 is 0 Å². The van der Waals surface area contributed by atoms with Crippen LogP contribution < -0.4 is 4.74 Å². The van der Waals surface area contributed by atoms with Gasteiger partial charge >= 0.3 is 0 Å². The Balaban J connectivity index is 2.02. The third-order valence-electron chi connectivity index (χ3n) is 2.77. The number of ether oxygens (including phenoxy) is 1. The Morgan fingerprint density at radius 3 is 2.16 bits per heavy atom. The molecule has 0 aliphatic carbocycles. The van der Waals surface area contributed by atoms with E-state index in [4.69, 9.17) is 33.0 Å². The third-order valence-corrected chi connectivity index (χ3v) is 3.48. The molecule has 0 saturated carbocycles. The predicted molar refractivity (Wildman–Crippen MR) is 78.0 cm³/mol. The minimum Gasteiger partial charge on any atom is -0.489 e. The fraction of sp³-hybridized carbons (Fsp3) is 0.200. The largest absolute Gasteiger partial charge is 0.489 e. The van der Waals surface area contributed by atoms with Gasteiger partial charge in [0.1, 0.15) is 12.4 Å². The number of aliphatic hydroxyl groups excluding tert-OH is 1. The van der Waals surface area contributed by atoms with Crippen molar-refractivity contribution in [3.05, 3.63) is 63.6 Å². The van der Waals surface area contributed by atoms with Gasteiger partial charge in [0.2, 0.25) is 0 Å². The molecule has 0 aromatic heterocycles. The maximum atomic E-state index is 8.84. The minimum absolute atomic E-state index is 0.148. The van der Waals surface area contributed by atoms with Crippen molar-refractivity contribution in [3.8, 4) is 5.75 Å². The summed E-state index contributed by atoms with van der Waals surface area (Å²) in [6, 6.07) is 13.0. The van der Waals surface area contributed by atoms with E-state index in [0.717, 1.165) is 16.9 Å². The molecule has 4 heteroatoms. The first-order valence-electron chi connectivity index (χ1n) is 5.96. The van der Waals surface area contributed by atoms with Crippen LogP contribution in [0.5, 0.6) is 5.75 Å².